The standard InChI is InChI=1S/C9H9BrO2/c1-2-3-6-4-7(10)9(12)8(11)5-6/h2,4-5,11-12H,1,3H2. The summed E-state index contributed by atoms with van der Waals surface area (Å²) >= 11 is 3.12. The Bertz CT molecular complexity index is 284. The Kier molecular flexibility index (Phi) is 2.76. The monoisotopic (exact) mass is 228 g/mol. The zero-order chi connectivity index (χ0) is 9.14. The molecule has 0 atom stereocenters. The van der Waals surface area contributed by atoms with E-state index in [0.717, 1.165) is 5.56 Å². The number of halogens is 1. The van der Waals surface area contributed by atoms with Crippen molar-refractivity contribution in [2.45, 2.75) is 6.42 Å². The molecule has 2 nitrogen and oxygen atoms in total. The lowest BCUT2D eigenvalue weighted by molar-refractivity contribution is 0.401. The summed E-state index contributed by atoms with van der Waals surface area (Å²) < 4.78 is 0.499. The van der Waals surface area contributed by atoms with Crippen molar-refractivity contribution in [3.8, 4) is 11.5 Å². The van der Waals surface area contributed by atoms with Crippen LogP contribution < -0.4 is 0 Å². The third kappa shape index (κ3) is 1.80. The van der Waals surface area contributed by atoms with E-state index in [0.29, 0.717) is 10.9 Å². The predicted molar refractivity (Wildman–Crippen MR) is 51.4 cm³/mol. The van der Waals surface area contributed by atoms with Crippen molar-refractivity contribution < 1.29 is 10.2 Å². The Labute approximate surface area is 79.3 Å². The molecule has 0 unspecified atom stereocenters. The van der Waals surface area contributed by atoms with Gasteiger partial charge in [0, 0.05) is 0 Å². The molecule has 1 rings (SSSR count). The fourth-order valence-corrected chi connectivity index (χ4v) is 1.42. The van der Waals surface area contributed by atoms with E-state index in [2.05, 4.69) is 22.5 Å². The van der Waals surface area contributed by atoms with Gasteiger partial charge in [-0.15, -0.1) is 6.58 Å². The topological polar surface area (TPSA) is 40.5 Å². The van der Waals surface area contributed by atoms with Gasteiger partial charge >= 0.3 is 0 Å². The highest BCUT2D eigenvalue weighted by molar-refractivity contribution is 9.10. The first-order valence-corrected chi connectivity index (χ1v) is 4.25. The van der Waals surface area contributed by atoms with Gasteiger partial charge in [0.2, 0.25) is 0 Å². The first kappa shape index (κ1) is 9.13. The highest BCUT2D eigenvalue weighted by atomic mass is 79.9. The molecule has 64 valence electrons. The van der Waals surface area contributed by atoms with Crippen LogP contribution in [0.15, 0.2) is 29.3 Å². The molecule has 0 aliphatic rings. The first-order chi connectivity index (χ1) is 5.65. The molecule has 12 heavy (non-hydrogen) atoms. The van der Waals surface area contributed by atoms with E-state index in [1.54, 1.807) is 12.1 Å². The van der Waals surface area contributed by atoms with Crippen molar-refractivity contribution in [2.75, 3.05) is 0 Å². The van der Waals surface area contributed by atoms with Crippen molar-refractivity contribution >= 4 is 15.9 Å². The van der Waals surface area contributed by atoms with Gasteiger partial charge in [-0.3, -0.25) is 0 Å². The molecular formula is C9H9BrO2. The summed E-state index contributed by atoms with van der Waals surface area (Å²) in [5.41, 5.74) is 0.909. The maximum Gasteiger partial charge on any atom is 0.171 e. The minimum Gasteiger partial charge on any atom is -0.504 e. The summed E-state index contributed by atoms with van der Waals surface area (Å²) in [5, 5.41) is 18.4. The van der Waals surface area contributed by atoms with E-state index in [-0.39, 0.29) is 11.5 Å². The van der Waals surface area contributed by atoms with Gasteiger partial charge in [-0.2, -0.15) is 0 Å². The van der Waals surface area contributed by atoms with Gasteiger partial charge in [-0.25, -0.2) is 0 Å². The second-order valence-electron chi connectivity index (χ2n) is 2.44. The van der Waals surface area contributed by atoms with E-state index in [1.807, 2.05) is 0 Å². The van der Waals surface area contributed by atoms with Crippen LogP contribution in [0.3, 0.4) is 0 Å². The van der Waals surface area contributed by atoms with Crippen LogP contribution in [0.4, 0.5) is 0 Å². The molecular weight excluding hydrogens is 220 g/mol. The highest BCUT2D eigenvalue weighted by Gasteiger charge is 2.05. The van der Waals surface area contributed by atoms with Gasteiger partial charge in [0.05, 0.1) is 4.47 Å². The van der Waals surface area contributed by atoms with Crippen LogP contribution in [0.25, 0.3) is 0 Å². The number of hydrogen-bond donors (Lipinski definition) is 2. The number of phenolic OH excluding ortho intramolecular Hbond substituents is 2. The van der Waals surface area contributed by atoms with Crippen molar-refractivity contribution in [2.24, 2.45) is 0 Å². The molecule has 0 amide bonds. The third-order valence-electron chi connectivity index (χ3n) is 1.48. The molecule has 0 spiro atoms. The van der Waals surface area contributed by atoms with Crippen LogP contribution in [0.1, 0.15) is 5.56 Å². The predicted octanol–water partition coefficient (Wildman–Crippen LogP) is 2.59. The largest absolute Gasteiger partial charge is 0.504 e. The average molecular weight is 229 g/mol. The lowest BCUT2D eigenvalue weighted by Gasteiger charge is -2.03. The van der Waals surface area contributed by atoms with Crippen molar-refractivity contribution in [1.29, 1.82) is 0 Å². The lowest BCUT2D eigenvalue weighted by Crippen LogP contribution is -1.81. The first-order valence-electron chi connectivity index (χ1n) is 3.46. The second kappa shape index (κ2) is 3.63. The van der Waals surface area contributed by atoms with Gasteiger partial charge in [-0.05, 0) is 40.0 Å². The summed E-state index contributed by atoms with van der Waals surface area (Å²) in [6.45, 7) is 3.58. The number of aromatic hydroxyl groups is 2. The Hall–Kier alpha value is -0.960. The lowest BCUT2D eigenvalue weighted by atomic mass is 10.1. The number of allylic oxidation sites excluding steroid dienone is 1. The molecule has 1 aromatic carbocycles. The third-order valence-corrected chi connectivity index (χ3v) is 2.09. The minimum atomic E-state index is -0.122. The average Bonchev–Trinajstić information content (AvgIpc) is 2.01. The number of hydrogen-bond acceptors (Lipinski definition) is 2. The number of benzene rings is 1. The molecule has 0 saturated carbocycles. The zero-order valence-electron chi connectivity index (χ0n) is 6.42. The zero-order valence-corrected chi connectivity index (χ0v) is 8.00. The van der Waals surface area contributed by atoms with Crippen LogP contribution in [0.5, 0.6) is 11.5 Å². The van der Waals surface area contributed by atoms with Crippen molar-refractivity contribution in [1.82, 2.24) is 0 Å². The second-order valence-corrected chi connectivity index (χ2v) is 3.29. The van der Waals surface area contributed by atoms with E-state index in [4.69, 9.17) is 0 Å². The van der Waals surface area contributed by atoms with E-state index < -0.39 is 0 Å². The molecule has 0 aliphatic heterocycles. The molecule has 2 N–H and O–H groups in total. The van der Waals surface area contributed by atoms with Crippen LogP contribution in [0, 0.1) is 0 Å². The molecule has 1 aromatic rings. The van der Waals surface area contributed by atoms with Gasteiger partial charge in [-0.1, -0.05) is 6.08 Å². The Morgan fingerprint density at radius 3 is 2.58 bits per heavy atom. The van der Waals surface area contributed by atoms with Crippen LogP contribution in [-0.2, 0) is 6.42 Å². The van der Waals surface area contributed by atoms with Gasteiger partial charge in [0.15, 0.2) is 11.5 Å². The minimum absolute atomic E-state index is 0.110. The Morgan fingerprint density at radius 1 is 1.42 bits per heavy atom. The van der Waals surface area contributed by atoms with Gasteiger partial charge in [0.1, 0.15) is 0 Å². The van der Waals surface area contributed by atoms with Gasteiger partial charge in [0.25, 0.3) is 0 Å². The summed E-state index contributed by atoms with van der Waals surface area (Å²) in [6, 6.07) is 3.26. The van der Waals surface area contributed by atoms with E-state index in [1.165, 1.54) is 6.07 Å². The Morgan fingerprint density at radius 2 is 2.08 bits per heavy atom. The quantitative estimate of drug-likeness (QED) is 0.604. The molecule has 0 aliphatic carbocycles. The SMILES string of the molecule is C=CCc1cc(O)c(O)c(Br)c1. The maximum atomic E-state index is 9.19. The molecule has 0 bridgehead atoms. The van der Waals surface area contributed by atoms with Gasteiger partial charge < -0.3 is 10.2 Å². The van der Waals surface area contributed by atoms with E-state index in [9.17, 15) is 10.2 Å². The molecule has 0 heterocycles. The molecule has 0 aromatic heterocycles. The molecule has 0 saturated heterocycles. The van der Waals surface area contributed by atoms with E-state index >= 15 is 0 Å². The maximum absolute atomic E-state index is 9.19. The fraction of sp³-hybridized carbons (Fsp3) is 0.111. The molecule has 3 heteroatoms. The summed E-state index contributed by atoms with van der Waals surface area (Å²) in [7, 11) is 0. The van der Waals surface area contributed by atoms with Crippen LogP contribution in [0.2, 0.25) is 0 Å². The molecule has 0 fully saturated rings. The smallest absolute Gasteiger partial charge is 0.171 e. The van der Waals surface area contributed by atoms with Crippen molar-refractivity contribution in [3.05, 3.63) is 34.8 Å². The normalized spacial score (nSPS) is 9.75. The number of rotatable bonds is 2. The fourth-order valence-electron chi connectivity index (χ4n) is 0.924. The van der Waals surface area contributed by atoms with Crippen molar-refractivity contribution in [3.63, 3.8) is 0 Å². The number of phenols is 2. The van der Waals surface area contributed by atoms with Crippen LogP contribution in [-0.4, -0.2) is 10.2 Å². The summed E-state index contributed by atoms with van der Waals surface area (Å²) in [6.07, 6.45) is 2.41. The summed E-state index contributed by atoms with van der Waals surface area (Å²) in [4.78, 5) is 0. The molecule has 0 radical (unpaired) electrons. The Balaban J connectivity index is 3.11. The van der Waals surface area contributed by atoms with Crippen LogP contribution >= 0.6 is 15.9 Å². The summed E-state index contributed by atoms with van der Waals surface area (Å²) in [5.74, 6) is -0.232. The highest BCUT2D eigenvalue weighted by Crippen LogP contribution is 2.34.